The number of carbonyl (C=O) groups excluding carboxylic acids is 2. The lowest BCUT2D eigenvalue weighted by Crippen LogP contribution is -2.33. The maximum atomic E-state index is 10.5. The average molecular weight is 271 g/mol. The molecule has 8 N–H and O–H groups in total. The number of rotatable bonds is 4. The average Bonchev–Trinajstić information content (AvgIpc) is 2.38. The second-order valence-corrected chi connectivity index (χ2v) is 3.14. The van der Waals surface area contributed by atoms with Gasteiger partial charge < -0.3 is 27.4 Å². The summed E-state index contributed by atoms with van der Waals surface area (Å²) >= 11 is 0. The van der Waals surface area contributed by atoms with E-state index in [-0.39, 0.29) is 11.4 Å². The normalized spacial score (nSPS) is 10.8. The van der Waals surface area contributed by atoms with Crippen LogP contribution < -0.4 is 17.2 Å². The van der Waals surface area contributed by atoms with Crippen LogP contribution >= 0.6 is 0 Å². The third kappa shape index (κ3) is 6.05. The molecule has 0 fully saturated rings. The molecule has 0 bridgehead atoms. The predicted molar refractivity (Wildman–Crippen MR) is 61.8 cm³/mol. The van der Waals surface area contributed by atoms with Gasteiger partial charge in [0.25, 0.3) is 11.8 Å². The van der Waals surface area contributed by atoms with Crippen molar-refractivity contribution in [3.05, 3.63) is 23.8 Å². The number of nitrogens with two attached hydrogens (primary N) is 3. The van der Waals surface area contributed by atoms with Crippen LogP contribution in [0.1, 0.15) is 21.0 Å². The minimum Gasteiger partial charge on any atom is -0.480 e. The molecule has 0 unspecified atom stereocenters. The third-order valence-corrected chi connectivity index (χ3v) is 1.67. The molecule has 0 saturated carbocycles. The smallest absolute Gasteiger partial charge is 0.322 e. The Morgan fingerprint density at radius 3 is 1.58 bits per heavy atom. The number of aliphatic hydroxyl groups is 1. The summed E-state index contributed by atoms with van der Waals surface area (Å²) in [6.45, 7) is -0.505. The van der Waals surface area contributed by atoms with Gasteiger partial charge in [0.15, 0.2) is 0 Å². The van der Waals surface area contributed by atoms with Crippen LogP contribution in [0.2, 0.25) is 0 Å². The number of primary amides is 2. The number of hydrogen-bond acceptors (Lipinski definition) is 7. The van der Waals surface area contributed by atoms with E-state index in [0.29, 0.717) is 0 Å². The molecule has 0 aliphatic carbocycles. The van der Waals surface area contributed by atoms with E-state index in [2.05, 4.69) is 9.97 Å². The summed E-state index contributed by atoms with van der Waals surface area (Å²) < 4.78 is 0. The monoisotopic (exact) mass is 271 g/mol. The Morgan fingerprint density at radius 2 is 1.47 bits per heavy atom. The minimum absolute atomic E-state index is 0.000000000000000222. The number of aliphatic hydroxyl groups excluding tert-OH is 1. The summed E-state index contributed by atoms with van der Waals surface area (Å²) in [5, 5.41) is 15.9. The summed E-state index contributed by atoms with van der Waals surface area (Å²) in [5.41, 5.74) is 14.5. The van der Waals surface area contributed by atoms with Gasteiger partial charge >= 0.3 is 5.97 Å². The predicted octanol–water partition coefficient (Wildman–Crippen LogP) is -2.93. The van der Waals surface area contributed by atoms with Crippen molar-refractivity contribution in [2.45, 2.75) is 6.04 Å². The topological polar surface area (TPSA) is 196 Å². The zero-order chi connectivity index (χ0) is 15.0. The van der Waals surface area contributed by atoms with Crippen molar-refractivity contribution in [1.82, 2.24) is 9.97 Å². The fourth-order valence-corrected chi connectivity index (χ4v) is 0.661. The summed E-state index contributed by atoms with van der Waals surface area (Å²) in [7, 11) is 0. The molecule has 1 rings (SSSR count). The van der Waals surface area contributed by atoms with Crippen molar-refractivity contribution in [1.29, 1.82) is 0 Å². The quantitative estimate of drug-likeness (QED) is 0.383. The number of nitrogens with zero attached hydrogens (tertiary/aromatic N) is 2. The lowest BCUT2D eigenvalue weighted by atomic mass is 10.3. The first-order valence-electron chi connectivity index (χ1n) is 4.80. The second kappa shape index (κ2) is 7.68. The molecule has 10 nitrogen and oxygen atoms in total. The highest BCUT2D eigenvalue weighted by molar-refractivity contribution is 5.92. The first kappa shape index (κ1) is 16.4. The molecule has 1 aromatic rings. The summed E-state index contributed by atoms with van der Waals surface area (Å²) in [4.78, 5) is 37.7. The first-order valence-corrected chi connectivity index (χ1v) is 4.80. The van der Waals surface area contributed by atoms with Crippen LogP contribution in [0.4, 0.5) is 0 Å². The van der Waals surface area contributed by atoms with Gasteiger partial charge in [0.1, 0.15) is 17.4 Å². The van der Waals surface area contributed by atoms with Crippen molar-refractivity contribution in [2.75, 3.05) is 6.61 Å². The molecule has 2 amide bonds. The summed E-state index contributed by atoms with van der Waals surface area (Å²) in [6, 6.07) is -1.13. The largest absolute Gasteiger partial charge is 0.480 e. The van der Waals surface area contributed by atoms with Crippen LogP contribution in [-0.2, 0) is 4.79 Å². The zero-order valence-electron chi connectivity index (χ0n) is 9.68. The molecule has 0 spiro atoms. The maximum absolute atomic E-state index is 10.5. The van der Waals surface area contributed by atoms with Crippen molar-refractivity contribution in [2.24, 2.45) is 17.2 Å². The zero-order valence-corrected chi connectivity index (χ0v) is 9.68. The number of aliphatic carboxylic acids is 1. The molecule has 1 heterocycles. The maximum Gasteiger partial charge on any atom is 0.322 e. The van der Waals surface area contributed by atoms with Crippen LogP contribution in [0, 0.1) is 0 Å². The Balaban J connectivity index is 0.000000399. The first-order chi connectivity index (χ1) is 8.79. The SMILES string of the molecule is NC(=O)c1cnc(C(N)=O)cn1.N[C@H](CO)C(=O)O. The highest BCUT2D eigenvalue weighted by atomic mass is 16.4. The van der Waals surface area contributed by atoms with Gasteiger partial charge in [0, 0.05) is 0 Å². The van der Waals surface area contributed by atoms with Crippen molar-refractivity contribution in [3.8, 4) is 0 Å². The van der Waals surface area contributed by atoms with Gasteiger partial charge in [-0.05, 0) is 0 Å². The number of carboxylic acids is 1. The van der Waals surface area contributed by atoms with E-state index in [4.69, 9.17) is 27.4 Å². The number of carbonyl (C=O) groups is 3. The molecular formula is C9H13N5O5. The van der Waals surface area contributed by atoms with Crippen molar-refractivity contribution < 1.29 is 24.6 Å². The van der Waals surface area contributed by atoms with Gasteiger partial charge in [-0.2, -0.15) is 0 Å². The van der Waals surface area contributed by atoms with Crippen LogP contribution in [0.15, 0.2) is 12.4 Å². The highest BCUT2D eigenvalue weighted by Crippen LogP contribution is 1.92. The Morgan fingerprint density at radius 1 is 1.11 bits per heavy atom. The van der Waals surface area contributed by atoms with Crippen LogP contribution in [0.3, 0.4) is 0 Å². The lowest BCUT2D eigenvalue weighted by molar-refractivity contribution is -0.139. The number of hydrogen-bond donors (Lipinski definition) is 5. The highest BCUT2D eigenvalue weighted by Gasteiger charge is 2.07. The van der Waals surface area contributed by atoms with Gasteiger partial charge in [-0.25, -0.2) is 9.97 Å². The molecule has 1 atom stereocenters. The van der Waals surface area contributed by atoms with Gasteiger partial charge in [-0.15, -0.1) is 0 Å². The third-order valence-electron chi connectivity index (χ3n) is 1.67. The molecule has 10 heteroatoms. The van der Waals surface area contributed by atoms with Crippen LogP contribution in [-0.4, -0.2) is 50.6 Å². The summed E-state index contributed by atoms with van der Waals surface area (Å²) in [6.07, 6.45) is 2.20. The Bertz CT molecular complexity index is 428. The fraction of sp³-hybridized carbons (Fsp3) is 0.222. The van der Waals surface area contributed by atoms with Crippen molar-refractivity contribution in [3.63, 3.8) is 0 Å². The van der Waals surface area contributed by atoms with Crippen LogP contribution in [0.5, 0.6) is 0 Å². The van der Waals surface area contributed by atoms with E-state index < -0.39 is 30.4 Å². The molecule has 0 aliphatic heterocycles. The number of carboxylic acid groups (broad SMARTS) is 1. The molecule has 104 valence electrons. The van der Waals surface area contributed by atoms with Gasteiger partial charge in [0.05, 0.1) is 19.0 Å². The summed E-state index contributed by atoms with van der Waals surface area (Å²) in [5.74, 6) is -2.57. The Labute approximate surface area is 107 Å². The molecule has 1 aromatic heterocycles. The molecular weight excluding hydrogens is 258 g/mol. The molecule has 0 radical (unpaired) electrons. The van der Waals surface area contributed by atoms with Gasteiger partial charge in [-0.3, -0.25) is 14.4 Å². The number of amides is 2. The standard InChI is InChI=1S/C6H6N4O2.C3H7NO3/c7-5(11)3-1-9-4(2-10-3)6(8)12;4-2(1-5)3(6)7/h1-2H,(H2,7,11)(H2,8,12);2,5H,1,4H2,(H,6,7)/t;2-/m.1/s1. The lowest BCUT2D eigenvalue weighted by Gasteiger charge is -1.96. The van der Waals surface area contributed by atoms with Crippen LogP contribution in [0.25, 0.3) is 0 Å². The minimum atomic E-state index is -1.18. The molecule has 0 aromatic carbocycles. The fourth-order valence-electron chi connectivity index (χ4n) is 0.661. The molecule has 19 heavy (non-hydrogen) atoms. The van der Waals surface area contributed by atoms with Gasteiger partial charge in [0.2, 0.25) is 0 Å². The van der Waals surface area contributed by atoms with E-state index in [1.54, 1.807) is 0 Å². The van der Waals surface area contributed by atoms with E-state index >= 15 is 0 Å². The van der Waals surface area contributed by atoms with E-state index in [9.17, 15) is 14.4 Å². The van der Waals surface area contributed by atoms with Gasteiger partial charge in [-0.1, -0.05) is 0 Å². The number of aromatic nitrogens is 2. The Kier molecular flexibility index (Phi) is 6.63. The van der Waals surface area contributed by atoms with E-state index in [0.717, 1.165) is 12.4 Å². The van der Waals surface area contributed by atoms with E-state index in [1.807, 2.05) is 0 Å². The molecule has 0 aliphatic rings. The molecule has 0 saturated heterocycles. The Hall–Kier alpha value is -2.59. The van der Waals surface area contributed by atoms with Crippen molar-refractivity contribution >= 4 is 17.8 Å². The second-order valence-electron chi connectivity index (χ2n) is 3.14. The van der Waals surface area contributed by atoms with E-state index in [1.165, 1.54) is 0 Å².